The van der Waals surface area contributed by atoms with Crippen LogP contribution in [0.1, 0.15) is 47.7 Å². The monoisotopic (exact) mass is 596 g/mol. The summed E-state index contributed by atoms with van der Waals surface area (Å²) in [6.45, 7) is 2.70. The Hall–Kier alpha value is -4.98. The van der Waals surface area contributed by atoms with Crippen LogP contribution >= 0.6 is 0 Å². The van der Waals surface area contributed by atoms with E-state index in [0.717, 1.165) is 5.56 Å². The Bertz CT molecular complexity index is 1540. The predicted octanol–water partition coefficient (Wildman–Crippen LogP) is 6.86. The molecule has 1 atom stereocenters. The summed E-state index contributed by atoms with van der Waals surface area (Å²) in [5, 5.41) is 3.22. The van der Waals surface area contributed by atoms with Crippen LogP contribution in [0.15, 0.2) is 103 Å². The smallest absolute Gasteiger partial charge is 0.328 e. The average Bonchev–Trinajstić information content (AvgIpc) is 3.05. The third-order valence-corrected chi connectivity index (χ3v) is 7.07. The Morgan fingerprint density at radius 1 is 0.886 bits per heavy atom. The van der Waals surface area contributed by atoms with Crippen LogP contribution in [-0.2, 0) is 20.7 Å². The molecule has 0 saturated carbocycles. The minimum atomic E-state index is -0.731. The van der Waals surface area contributed by atoms with Gasteiger partial charge in [0.05, 0.1) is 13.7 Å². The van der Waals surface area contributed by atoms with Crippen LogP contribution in [0.4, 0.5) is 15.8 Å². The molecule has 0 bridgehead atoms. The number of ketones is 1. The molecule has 0 heterocycles. The number of benzene rings is 4. The minimum Gasteiger partial charge on any atom is -0.494 e. The first-order valence-electron chi connectivity index (χ1n) is 14.7. The molecule has 4 rings (SSSR count). The van der Waals surface area contributed by atoms with Crippen LogP contribution in [0, 0.1) is 5.82 Å². The molecule has 0 spiro atoms. The van der Waals surface area contributed by atoms with E-state index in [4.69, 9.17) is 9.47 Å². The van der Waals surface area contributed by atoms with Crippen molar-refractivity contribution in [3.05, 3.63) is 126 Å². The lowest BCUT2D eigenvalue weighted by molar-refractivity contribution is -0.141. The molecule has 0 aliphatic heterocycles. The Kier molecular flexibility index (Phi) is 11.6. The van der Waals surface area contributed by atoms with Crippen LogP contribution in [0.5, 0.6) is 5.75 Å². The molecule has 0 aliphatic rings. The standard InChI is InChI=1S/C36H37FN2O5/c1-3-11-34(40)39(29-15-9-14-28(37)25-29)22-10-23-44-30-20-18-26(19-21-30)24-33(36(42)43-2)38-32-17-8-7-16-31(32)35(41)27-12-5-4-6-13-27/h4-9,12-21,25,33,38H,3,10-11,22-24H2,1-2H3/t33-/m0/s1. The van der Waals surface area contributed by atoms with E-state index in [-0.39, 0.29) is 17.5 Å². The highest BCUT2D eigenvalue weighted by Crippen LogP contribution is 2.23. The summed E-state index contributed by atoms with van der Waals surface area (Å²) < 4.78 is 24.7. The second kappa shape index (κ2) is 16.0. The van der Waals surface area contributed by atoms with E-state index in [9.17, 15) is 18.8 Å². The summed E-state index contributed by atoms with van der Waals surface area (Å²) in [5.74, 6) is -0.390. The zero-order valence-corrected chi connectivity index (χ0v) is 25.0. The highest BCUT2D eigenvalue weighted by molar-refractivity contribution is 6.12. The second-order valence-electron chi connectivity index (χ2n) is 10.3. The van der Waals surface area contributed by atoms with Crippen LogP contribution in [0.2, 0.25) is 0 Å². The molecule has 4 aromatic carbocycles. The van der Waals surface area contributed by atoms with Gasteiger partial charge in [-0.25, -0.2) is 9.18 Å². The molecule has 44 heavy (non-hydrogen) atoms. The quantitative estimate of drug-likeness (QED) is 0.0918. The first kappa shape index (κ1) is 31.9. The maximum atomic E-state index is 13.8. The van der Waals surface area contributed by atoms with Crippen molar-refractivity contribution in [3.8, 4) is 5.75 Å². The summed E-state index contributed by atoms with van der Waals surface area (Å²) in [5.41, 5.74) is 2.97. The number of carbonyl (C=O) groups excluding carboxylic acids is 3. The Morgan fingerprint density at radius 3 is 2.32 bits per heavy atom. The molecule has 0 unspecified atom stereocenters. The first-order valence-corrected chi connectivity index (χ1v) is 14.7. The highest BCUT2D eigenvalue weighted by Gasteiger charge is 2.23. The van der Waals surface area contributed by atoms with Gasteiger partial charge in [-0.3, -0.25) is 9.59 Å². The summed E-state index contributed by atoms with van der Waals surface area (Å²) in [7, 11) is 1.33. The van der Waals surface area contributed by atoms with E-state index >= 15 is 0 Å². The van der Waals surface area contributed by atoms with Gasteiger partial charge in [-0.1, -0.05) is 67.6 Å². The molecular formula is C36H37FN2O5. The van der Waals surface area contributed by atoms with Gasteiger partial charge in [0.15, 0.2) is 5.78 Å². The normalized spacial score (nSPS) is 11.3. The zero-order chi connectivity index (χ0) is 31.3. The van der Waals surface area contributed by atoms with Crippen molar-refractivity contribution in [3.63, 3.8) is 0 Å². The molecule has 8 heteroatoms. The number of hydrogen-bond donors (Lipinski definition) is 1. The van der Waals surface area contributed by atoms with E-state index in [1.54, 1.807) is 47.4 Å². The molecule has 7 nitrogen and oxygen atoms in total. The van der Waals surface area contributed by atoms with Gasteiger partial charge in [0.1, 0.15) is 17.6 Å². The molecule has 1 N–H and O–H groups in total. The summed E-state index contributed by atoms with van der Waals surface area (Å²) in [6, 6.07) is 28.8. The van der Waals surface area contributed by atoms with Crippen LogP contribution in [0.3, 0.4) is 0 Å². The Morgan fingerprint density at radius 2 is 1.61 bits per heavy atom. The first-order chi connectivity index (χ1) is 21.4. The predicted molar refractivity (Wildman–Crippen MR) is 170 cm³/mol. The van der Waals surface area contributed by atoms with Crippen molar-refractivity contribution in [2.45, 2.75) is 38.6 Å². The molecule has 0 aromatic heterocycles. The number of halogens is 1. The fourth-order valence-electron chi connectivity index (χ4n) is 4.84. The van der Waals surface area contributed by atoms with Gasteiger partial charge in [0.2, 0.25) is 5.91 Å². The third kappa shape index (κ3) is 8.77. The van der Waals surface area contributed by atoms with Gasteiger partial charge in [0.25, 0.3) is 0 Å². The van der Waals surface area contributed by atoms with Crippen molar-refractivity contribution in [2.24, 2.45) is 0 Å². The Labute approximate surface area is 257 Å². The third-order valence-electron chi connectivity index (χ3n) is 7.07. The lowest BCUT2D eigenvalue weighted by Gasteiger charge is -2.23. The average molecular weight is 597 g/mol. The SMILES string of the molecule is CCCC(=O)N(CCCOc1ccc(C[C@H](Nc2ccccc2C(=O)c2ccccc2)C(=O)OC)cc1)c1cccc(F)c1. The van der Waals surface area contributed by atoms with Crippen LogP contribution in [-0.4, -0.2) is 44.0 Å². The summed E-state index contributed by atoms with van der Waals surface area (Å²) in [4.78, 5) is 40.2. The van der Waals surface area contributed by atoms with E-state index in [0.29, 0.717) is 67.1 Å². The number of amides is 1. The van der Waals surface area contributed by atoms with Gasteiger partial charge in [-0.05, 0) is 60.9 Å². The fraction of sp³-hybridized carbons (Fsp3) is 0.250. The van der Waals surface area contributed by atoms with Crippen molar-refractivity contribution >= 4 is 29.0 Å². The van der Waals surface area contributed by atoms with E-state index < -0.39 is 12.0 Å². The molecule has 228 valence electrons. The number of nitrogens with zero attached hydrogens (tertiary/aromatic N) is 1. The number of nitrogens with one attached hydrogen (secondary N) is 1. The fourth-order valence-corrected chi connectivity index (χ4v) is 4.84. The van der Waals surface area contributed by atoms with Crippen molar-refractivity contribution in [2.75, 3.05) is 30.5 Å². The van der Waals surface area contributed by atoms with Gasteiger partial charge in [0, 0.05) is 41.9 Å². The molecule has 0 saturated heterocycles. The molecule has 0 fully saturated rings. The maximum absolute atomic E-state index is 13.8. The molecule has 0 aliphatic carbocycles. The number of esters is 1. The van der Waals surface area contributed by atoms with E-state index in [2.05, 4.69) is 5.32 Å². The van der Waals surface area contributed by atoms with Crippen LogP contribution < -0.4 is 15.0 Å². The van der Waals surface area contributed by atoms with E-state index in [1.807, 2.05) is 55.5 Å². The number of ether oxygens (including phenoxy) is 2. The molecule has 0 radical (unpaired) electrons. The van der Waals surface area contributed by atoms with Gasteiger partial charge < -0.3 is 19.7 Å². The summed E-state index contributed by atoms with van der Waals surface area (Å²) in [6.07, 6.45) is 1.97. The Balaban J connectivity index is 1.36. The lowest BCUT2D eigenvalue weighted by atomic mass is 10.00. The zero-order valence-electron chi connectivity index (χ0n) is 25.0. The number of anilines is 2. The second-order valence-corrected chi connectivity index (χ2v) is 10.3. The van der Waals surface area contributed by atoms with Crippen molar-refractivity contribution in [1.29, 1.82) is 0 Å². The number of carbonyl (C=O) groups is 3. The molecule has 1 amide bonds. The van der Waals surface area contributed by atoms with Crippen molar-refractivity contribution < 1.29 is 28.2 Å². The maximum Gasteiger partial charge on any atom is 0.328 e. The highest BCUT2D eigenvalue weighted by atomic mass is 19.1. The topological polar surface area (TPSA) is 84.9 Å². The number of para-hydroxylation sites is 1. The van der Waals surface area contributed by atoms with Gasteiger partial charge >= 0.3 is 5.97 Å². The molecular weight excluding hydrogens is 559 g/mol. The number of rotatable bonds is 15. The summed E-state index contributed by atoms with van der Waals surface area (Å²) >= 11 is 0. The molecule has 4 aromatic rings. The van der Waals surface area contributed by atoms with Crippen molar-refractivity contribution in [1.82, 2.24) is 0 Å². The minimum absolute atomic E-state index is 0.0525. The largest absolute Gasteiger partial charge is 0.494 e. The lowest BCUT2D eigenvalue weighted by Crippen LogP contribution is -2.33. The van der Waals surface area contributed by atoms with E-state index in [1.165, 1.54) is 19.2 Å². The number of hydrogen-bond acceptors (Lipinski definition) is 6. The van der Waals surface area contributed by atoms with Gasteiger partial charge in [-0.15, -0.1) is 0 Å². The van der Waals surface area contributed by atoms with Gasteiger partial charge in [-0.2, -0.15) is 0 Å². The number of methoxy groups -OCH3 is 1. The van der Waals surface area contributed by atoms with Crippen LogP contribution in [0.25, 0.3) is 0 Å².